The monoisotopic (exact) mass is 375 g/mol. The molecular weight excluding hydrogens is 361 g/mol. The first-order chi connectivity index (χ1) is 11.9. The summed E-state index contributed by atoms with van der Waals surface area (Å²) in [6.07, 6.45) is 0. The van der Waals surface area contributed by atoms with Gasteiger partial charge in [-0.25, -0.2) is 4.79 Å². The Morgan fingerprint density at radius 2 is 1.88 bits per heavy atom. The van der Waals surface area contributed by atoms with Gasteiger partial charge in [-0.1, -0.05) is 35.3 Å². The van der Waals surface area contributed by atoms with Crippen molar-refractivity contribution < 1.29 is 9.21 Å². The van der Waals surface area contributed by atoms with Crippen LogP contribution in [0.25, 0.3) is 11.0 Å². The second-order valence-electron chi connectivity index (χ2n) is 5.76. The number of amides is 1. The Kier molecular flexibility index (Phi) is 4.84. The largest absolute Gasteiger partial charge is 0.423 e. The maximum absolute atomic E-state index is 12.3. The van der Waals surface area contributed by atoms with Crippen LogP contribution in [0.4, 0.5) is 0 Å². The van der Waals surface area contributed by atoms with Crippen LogP contribution >= 0.6 is 23.2 Å². The van der Waals surface area contributed by atoms with Crippen LogP contribution in [-0.2, 0) is 6.54 Å². The van der Waals surface area contributed by atoms with Gasteiger partial charge in [-0.3, -0.25) is 4.79 Å². The highest BCUT2D eigenvalue weighted by atomic mass is 35.5. The Labute approximate surface area is 154 Å². The molecule has 1 heterocycles. The summed E-state index contributed by atoms with van der Waals surface area (Å²) >= 11 is 12.4. The maximum atomic E-state index is 12.3. The lowest BCUT2D eigenvalue weighted by Crippen LogP contribution is -2.24. The van der Waals surface area contributed by atoms with Crippen molar-refractivity contribution in [3.63, 3.8) is 0 Å². The quantitative estimate of drug-likeness (QED) is 0.677. The van der Waals surface area contributed by atoms with Gasteiger partial charge in [0.2, 0.25) is 0 Å². The lowest BCUT2D eigenvalue weighted by molar-refractivity contribution is 0.0951. The Morgan fingerprint density at radius 1 is 1.16 bits per heavy atom. The number of halogens is 2. The molecule has 0 saturated heterocycles. The topological polar surface area (TPSA) is 59.3 Å². The van der Waals surface area contributed by atoms with Crippen molar-refractivity contribution in [2.75, 3.05) is 0 Å². The highest BCUT2D eigenvalue weighted by Gasteiger charge is 2.15. The average molecular weight is 376 g/mol. The zero-order valence-corrected chi connectivity index (χ0v) is 15.2. The summed E-state index contributed by atoms with van der Waals surface area (Å²) in [5.41, 5.74) is 2.63. The van der Waals surface area contributed by atoms with Gasteiger partial charge in [0.1, 0.15) is 5.58 Å². The van der Waals surface area contributed by atoms with E-state index < -0.39 is 5.63 Å². The molecule has 1 N–H and O–H groups in total. The van der Waals surface area contributed by atoms with Gasteiger partial charge < -0.3 is 9.73 Å². The van der Waals surface area contributed by atoms with E-state index in [2.05, 4.69) is 5.32 Å². The molecule has 25 heavy (non-hydrogen) atoms. The van der Waals surface area contributed by atoms with Gasteiger partial charge in [-0.2, -0.15) is 0 Å². The van der Waals surface area contributed by atoms with Crippen molar-refractivity contribution in [2.45, 2.75) is 20.4 Å². The smallest absolute Gasteiger partial charge is 0.336 e. The van der Waals surface area contributed by atoms with E-state index in [-0.39, 0.29) is 12.5 Å². The van der Waals surface area contributed by atoms with Gasteiger partial charge in [0.25, 0.3) is 5.91 Å². The van der Waals surface area contributed by atoms with E-state index in [0.717, 1.165) is 16.5 Å². The summed E-state index contributed by atoms with van der Waals surface area (Å²) in [6, 6.07) is 9.87. The summed E-state index contributed by atoms with van der Waals surface area (Å²) in [5.74, 6) is -0.317. The van der Waals surface area contributed by atoms with Crippen molar-refractivity contribution in [3.8, 4) is 0 Å². The Hall–Kier alpha value is -2.30. The predicted molar refractivity (Wildman–Crippen MR) is 99.6 cm³/mol. The molecule has 1 amide bonds. The van der Waals surface area contributed by atoms with Crippen molar-refractivity contribution in [2.24, 2.45) is 0 Å². The minimum atomic E-state index is -0.476. The number of fused-ring (bicyclic) bond motifs is 1. The second-order valence-corrected chi connectivity index (χ2v) is 6.54. The Balaban J connectivity index is 1.99. The molecule has 0 atom stereocenters. The minimum Gasteiger partial charge on any atom is -0.423 e. The summed E-state index contributed by atoms with van der Waals surface area (Å²) in [4.78, 5) is 24.2. The van der Waals surface area contributed by atoms with Crippen LogP contribution in [0.3, 0.4) is 0 Å². The fraction of sp³-hybridized carbons (Fsp3) is 0.158. The molecule has 0 aliphatic heterocycles. The van der Waals surface area contributed by atoms with Crippen LogP contribution in [0.5, 0.6) is 0 Å². The lowest BCUT2D eigenvalue weighted by atomic mass is 10.0. The highest BCUT2D eigenvalue weighted by Crippen LogP contribution is 2.30. The van der Waals surface area contributed by atoms with E-state index in [1.165, 1.54) is 6.07 Å². The van der Waals surface area contributed by atoms with E-state index >= 15 is 0 Å². The summed E-state index contributed by atoms with van der Waals surface area (Å²) in [5, 5.41) is 4.50. The van der Waals surface area contributed by atoms with E-state index in [0.29, 0.717) is 26.8 Å². The minimum absolute atomic E-state index is 0.159. The lowest BCUT2D eigenvalue weighted by Gasteiger charge is -2.12. The molecule has 0 spiro atoms. The van der Waals surface area contributed by atoms with Crippen molar-refractivity contribution in [1.29, 1.82) is 0 Å². The number of aryl methyl sites for hydroxylation is 2. The zero-order valence-electron chi connectivity index (χ0n) is 13.7. The normalized spacial score (nSPS) is 10.9. The van der Waals surface area contributed by atoms with Crippen LogP contribution < -0.4 is 10.9 Å². The highest BCUT2D eigenvalue weighted by molar-refractivity contribution is 6.34. The first kappa shape index (κ1) is 17.5. The average Bonchev–Trinajstić information content (AvgIpc) is 2.57. The molecule has 0 fully saturated rings. The molecule has 0 aliphatic rings. The second kappa shape index (κ2) is 6.90. The van der Waals surface area contributed by atoms with Gasteiger partial charge in [0.15, 0.2) is 0 Å². The molecule has 0 radical (unpaired) electrons. The van der Waals surface area contributed by atoms with Gasteiger partial charge in [-0.05, 0) is 48.7 Å². The van der Waals surface area contributed by atoms with Crippen molar-refractivity contribution in [3.05, 3.63) is 79.1 Å². The number of benzene rings is 2. The summed E-state index contributed by atoms with van der Waals surface area (Å²) in [6.45, 7) is 3.87. The van der Waals surface area contributed by atoms with Gasteiger partial charge in [-0.15, -0.1) is 0 Å². The van der Waals surface area contributed by atoms with Crippen molar-refractivity contribution >= 4 is 40.1 Å². The molecule has 1 aromatic heterocycles. The van der Waals surface area contributed by atoms with Gasteiger partial charge in [0, 0.05) is 23.0 Å². The van der Waals surface area contributed by atoms with Gasteiger partial charge in [0.05, 0.1) is 10.6 Å². The standard InChI is InChI=1S/C19H15Cl2NO3/c1-10-7-15-17(11(2)18(10)21)12(8-16(23)25-15)9-22-19(24)13-5-3-4-6-14(13)20/h3-8H,9H2,1-2H3,(H,22,24). The van der Waals surface area contributed by atoms with Crippen LogP contribution in [0.1, 0.15) is 27.0 Å². The third-order valence-corrected chi connectivity index (χ3v) is 4.94. The Morgan fingerprint density at radius 3 is 2.60 bits per heavy atom. The van der Waals surface area contributed by atoms with Crippen LogP contribution in [-0.4, -0.2) is 5.91 Å². The number of carbonyl (C=O) groups is 1. The molecule has 3 aromatic rings. The fourth-order valence-corrected chi connectivity index (χ4v) is 3.18. The number of rotatable bonds is 3. The maximum Gasteiger partial charge on any atom is 0.336 e. The molecule has 2 aromatic carbocycles. The predicted octanol–water partition coefficient (Wildman–Crippen LogP) is 4.65. The third kappa shape index (κ3) is 3.41. The molecule has 6 heteroatoms. The summed E-state index contributed by atoms with van der Waals surface area (Å²) in [7, 11) is 0. The molecular formula is C19H15Cl2NO3. The number of hydrogen-bond acceptors (Lipinski definition) is 3. The SMILES string of the molecule is Cc1cc2oc(=O)cc(CNC(=O)c3ccccc3Cl)c2c(C)c1Cl. The molecule has 128 valence electrons. The van der Waals surface area contributed by atoms with E-state index in [1.54, 1.807) is 30.3 Å². The van der Waals surface area contributed by atoms with Gasteiger partial charge >= 0.3 is 5.63 Å². The van der Waals surface area contributed by atoms with E-state index in [9.17, 15) is 9.59 Å². The number of carbonyl (C=O) groups excluding carboxylic acids is 1. The van der Waals surface area contributed by atoms with E-state index in [4.69, 9.17) is 27.6 Å². The summed E-state index contributed by atoms with van der Waals surface area (Å²) < 4.78 is 5.28. The molecule has 0 bridgehead atoms. The van der Waals surface area contributed by atoms with Crippen LogP contribution in [0.2, 0.25) is 10.0 Å². The molecule has 4 nitrogen and oxygen atoms in total. The first-order valence-electron chi connectivity index (χ1n) is 7.63. The Bertz CT molecular complexity index is 1040. The molecule has 0 saturated carbocycles. The third-order valence-electron chi connectivity index (χ3n) is 4.03. The number of nitrogens with one attached hydrogen (secondary N) is 1. The number of hydrogen-bond donors (Lipinski definition) is 1. The van der Waals surface area contributed by atoms with Crippen LogP contribution in [0.15, 0.2) is 45.6 Å². The fourth-order valence-electron chi connectivity index (χ4n) is 2.81. The van der Waals surface area contributed by atoms with E-state index in [1.807, 2.05) is 13.8 Å². The van der Waals surface area contributed by atoms with Crippen LogP contribution in [0, 0.1) is 13.8 Å². The van der Waals surface area contributed by atoms with Crippen molar-refractivity contribution in [1.82, 2.24) is 5.32 Å². The zero-order chi connectivity index (χ0) is 18.1. The first-order valence-corrected chi connectivity index (χ1v) is 8.39. The molecule has 3 rings (SSSR count). The molecule has 0 unspecified atom stereocenters. The molecule has 0 aliphatic carbocycles.